The number of aliphatic hydroxyl groups is 1. The molecule has 168 valence electrons. The minimum atomic E-state index is -0.823. The van der Waals surface area contributed by atoms with E-state index in [1.165, 1.54) is 17.0 Å². The number of aromatic hydroxyl groups is 1. The van der Waals surface area contributed by atoms with Crippen molar-refractivity contribution in [2.45, 2.75) is 25.5 Å². The molecule has 1 fully saturated rings. The molecule has 2 aliphatic heterocycles. The van der Waals surface area contributed by atoms with E-state index in [0.717, 1.165) is 11.3 Å². The first-order valence-corrected chi connectivity index (χ1v) is 10.8. The van der Waals surface area contributed by atoms with Crippen molar-refractivity contribution in [2.24, 2.45) is 0 Å². The van der Waals surface area contributed by atoms with Gasteiger partial charge < -0.3 is 24.7 Å². The molecule has 2 N–H and O–H groups in total. The van der Waals surface area contributed by atoms with Gasteiger partial charge in [0.15, 0.2) is 0 Å². The number of fused-ring (bicyclic) bond motifs is 1. The van der Waals surface area contributed by atoms with Gasteiger partial charge in [-0.25, -0.2) is 0 Å². The first kappa shape index (κ1) is 22.2. The van der Waals surface area contributed by atoms with Crippen LogP contribution in [0.3, 0.4) is 0 Å². The smallest absolute Gasteiger partial charge is 0.295 e. The van der Waals surface area contributed by atoms with Crippen LogP contribution in [-0.4, -0.2) is 65.0 Å². The number of rotatable bonds is 5. The van der Waals surface area contributed by atoms with Gasteiger partial charge in [-0.3, -0.25) is 9.59 Å². The lowest BCUT2D eigenvalue weighted by Gasteiger charge is -2.26. The molecule has 4 rings (SSSR count). The van der Waals surface area contributed by atoms with Gasteiger partial charge in [0.2, 0.25) is 0 Å². The number of benzene rings is 2. The van der Waals surface area contributed by atoms with Gasteiger partial charge in [0, 0.05) is 25.1 Å². The van der Waals surface area contributed by atoms with Crippen LogP contribution >= 0.6 is 11.6 Å². The van der Waals surface area contributed by atoms with Crippen LogP contribution in [0.25, 0.3) is 5.76 Å². The monoisotopic (exact) mass is 456 g/mol. The number of carbonyl (C=O) groups excluding carboxylic acids is 2. The van der Waals surface area contributed by atoms with Crippen molar-refractivity contribution in [3.05, 3.63) is 63.7 Å². The van der Waals surface area contributed by atoms with Crippen LogP contribution in [0.5, 0.6) is 11.5 Å². The van der Waals surface area contributed by atoms with E-state index in [1.54, 1.807) is 24.3 Å². The lowest BCUT2D eigenvalue weighted by molar-refractivity contribution is -0.140. The summed E-state index contributed by atoms with van der Waals surface area (Å²) in [6.07, 6.45) is 0.739. The standard InChI is InChI=1S/C24H25ClN2O5/c1-13-10-16-11-15(5-7-19(16)32-13)22(29)20-21(14-4-6-18(28)17(25)12-14)27(9-8-26(2)3)24(31)23(20)30/h4-7,11-13,21,28-29H,8-10H2,1-3H3/b22-20-. The molecule has 0 aliphatic carbocycles. The quantitative estimate of drug-likeness (QED) is 0.407. The van der Waals surface area contributed by atoms with Crippen LogP contribution in [-0.2, 0) is 16.0 Å². The van der Waals surface area contributed by atoms with Crippen molar-refractivity contribution in [3.8, 4) is 11.5 Å². The fourth-order valence-corrected chi connectivity index (χ4v) is 4.37. The maximum Gasteiger partial charge on any atom is 0.295 e. The molecule has 2 unspecified atom stereocenters. The molecular weight excluding hydrogens is 432 g/mol. The molecule has 8 heteroatoms. The number of amides is 1. The molecule has 0 bridgehead atoms. The summed E-state index contributed by atoms with van der Waals surface area (Å²) in [4.78, 5) is 29.4. The Hall–Kier alpha value is -3.03. The van der Waals surface area contributed by atoms with E-state index in [9.17, 15) is 19.8 Å². The molecule has 0 aromatic heterocycles. The molecule has 2 aromatic carbocycles. The highest BCUT2D eigenvalue weighted by atomic mass is 35.5. The van der Waals surface area contributed by atoms with Crippen LogP contribution in [0, 0.1) is 0 Å². The molecule has 7 nitrogen and oxygen atoms in total. The maximum absolute atomic E-state index is 13.1. The predicted octanol–water partition coefficient (Wildman–Crippen LogP) is 3.35. The van der Waals surface area contributed by atoms with Crippen LogP contribution < -0.4 is 4.74 Å². The second kappa shape index (κ2) is 8.48. The number of nitrogens with zero attached hydrogens (tertiary/aromatic N) is 2. The van der Waals surface area contributed by atoms with Crippen molar-refractivity contribution in [1.82, 2.24) is 9.80 Å². The summed E-state index contributed by atoms with van der Waals surface area (Å²) < 4.78 is 5.72. The van der Waals surface area contributed by atoms with Gasteiger partial charge in [-0.15, -0.1) is 0 Å². The van der Waals surface area contributed by atoms with Gasteiger partial charge in [0.1, 0.15) is 23.4 Å². The van der Waals surface area contributed by atoms with E-state index < -0.39 is 17.7 Å². The Balaban J connectivity index is 1.83. The minimum absolute atomic E-state index is 0.00225. The number of phenols is 1. The van der Waals surface area contributed by atoms with Crippen molar-refractivity contribution in [3.63, 3.8) is 0 Å². The Kier molecular flexibility index (Phi) is 5.88. The normalized spacial score (nSPS) is 21.8. The van der Waals surface area contributed by atoms with Crippen molar-refractivity contribution in [2.75, 3.05) is 27.2 Å². The lowest BCUT2D eigenvalue weighted by Crippen LogP contribution is -2.35. The highest BCUT2D eigenvalue weighted by Crippen LogP contribution is 2.42. The fraction of sp³-hybridized carbons (Fsp3) is 0.333. The number of hydrogen-bond acceptors (Lipinski definition) is 6. The third kappa shape index (κ3) is 3.94. The molecule has 2 atom stereocenters. The summed E-state index contributed by atoms with van der Waals surface area (Å²) in [5, 5.41) is 21.1. The van der Waals surface area contributed by atoms with Crippen LogP contribution in [0.4, 0.5) is 0 Å². The van der Waals surface area contributed by atoms with Gasteiger partial charge in [-0.1, -0.05) is 17.7 Å². The molecule has 1 amide bonds. The lowest BCUT2D eigenvalue weighted by atomic mass is 9.94. The Bertz CT molecular complexity index is 1130. The van der Waals surface area contributed by atoms with E-state index in [2.05, 4.69) is 0 Å². The number of Topliss-reactive ketones (excluding diaryl/α,β-unsaturated/α-hetero) is 1. The van der Waals surface area contributed by atoms with Gasteiger partial charge in [0.25, 0.3) is 11.7 Å². The molecular formula is C24H25ClN2O5. The highest BCUT2D eigenvalue weighted by Gasteiger charge is 2.46. The van der Waals surface area contributed by atoms with Crippen LogP contribution in [0.1, 0.15) is 29.7 Å². The van der Waals surface area contributed by atoms with Gasteiger partial charge in [-0.05, 0) is 62.5 Å². The molecule has 2 aliphatic rings. The first-order valence-electron chi connectivity index (χ1n) is 10.4. The summed E-state index contributed by atoms with van der Waals surface area (Å²) in [6.45, 7) is 2.78. The summed E-state index contributed by atoms with van der Waals surface area (Å²) in [5.74, 6) is -1.02. The zero-order valence-electron chi connectivity index (χ0n) is 18.1. The third-order valence-electron chi connectivity index (χ3n) is 5.79. The molecule has 0 spiro atoms. The Morgan fingerprint density at radius 1 is 1.22 bits per heavy atom. The first-order chi connectivity index (χ1) is 15.2. The van der Waals surface area contributed by atoms with Gasteiger partial charge in [-0.2, -0.15) is 0 Å². The largest absolute Gasteiger partial charge is 0.507 e. The molecule has 32 heavy (non-hydrogen) atoms. The van der Waals surface area contributed by atoms with Crippen molar-refractivity contribution < 1.29 is 24.5 Å². The second-order valence-electron chi connectivity index (χ2n) is 8.46. The average molecular weight is 457 g/mol. The molecule has 1 saturated heterocycles. The number of ketones is 1. The number of ether oxygens (including phenoxy) is 1. The number of halogens is 1. The molecule has 0 radical (unpaired) electrons. The minimum Gasteiger partial charge on any atom is -0.507 e. The topological polar surface area (TPSA) is 90.3 Å². The molecule has 2 heterocycles. The second-order valence-corrected chi connectivity index (χ2v) is 8.87. The zero-order chi connectivity index (χ0) is 23.2. The number of hydrogen-bond donors (Lipinski definition) is 2. The molecule has 0 saturated carbocycles. The van der Waals surface area contributed by atoms with E-state index in [4.69, 9.17) is 16.3 Å². The Labute approximate surface area is 191 Å². The van der Waals surface area contributed by atoms with E-state index >= 15 is 0 Å². The maximum atomic E-state index is 13.1. The van der Waals surface area contributed by atoms with Crippen LogP contribution in [0.15, 0.2) is 42.0 Å². The Morgan fingerprint density at radius 3 is 2.66 bits per heavy atom. The Morgan fingerprint density at radius 2 is 1.97 bits per heavy atom. The van der Waals surface area contributed by atoms with Crippen molar-refractivity contribution in [1.29, 1.82) is 0 Å². The fourth-order valence-electron chi connectivity index (χ4n) is 4.18. The number of likely N-dealkylation sites (tertiary alicyclic amines) is 1. The summed E-state index contributed by atoms with van der Waals surface area (Å²) in [6, 6.07) is 8.95. The van der Waals surface area contributed by atoms with Gasteiger partial charge in [0.05, 0.1) is 16.6 Å². The zero-order valence-corrected chi connectivity index (χ0v) is 18.9. The SMILES string of the molecule is CC1Cc2cc(/C(O)=C3/C(=O)C(=O)N(CCN(C)C)C3c3ccc(O)c(Cl)c3)ccc2O1. The average Bonchev–Trinajstić information content (AvgIpc) is 3.24. The number of likely N-dealkylation sites (N-methyl/N-ethyl adjacent to an activating group) is 1. The number of aliphatic hydroxyl groups excluding tert-OH is 1. The summed E-state index contributed by atoms with van der Waals surface area (Å²) in [5.41, 5.74) is 1.92. The van der Waals surface area contributed by atoms with Gasteiger partial charge >= 0.3 is 0 Å². The summed E-state index contributed by atoms with van der Waals surface area (Å²) in [7, 11) is 3.74. The highest BCUT2D eigenvalue weighted by molar-refractivity contribution is 6.46. The van der Waals surface area contributed by atoms with Crippen LogP contribution in [0.2, 0.25) is 5.02 Å². The summed E-state index contributed by atoms with van der Waals surface area (Å²) >= 11 is 6.12. The van der Waals surface area contributed by atoms with E-state index in [-0.39, 0.29) is 34.8 Å². The van der Waals surface area contributed by atoms with Crippen molar-refractivity contribution >= 4 is 29.1 Å². The van der Waals surface area contributed by atoms with E-state index in [1.807, 2.05) is 25.9 Å². The van der Waals surface area contributed by atoms with E-state index in [0.29, 0.717) is 24.1 Å². The third-order valence-corrected chi connectivity index (χ3v) is 6.09. The number of phenolic OH excluding ortho intramolecular Hbond substituents is 1. The predicted molar refractivity (Wildman–Crippen MR) is 121 cm³/mol. The number of carbonyl (C=O) groups is 2. The molecule has 2 aromatic rings.